The number of aromatic nitrogens is 1. The number of hydrogen-bond donors (Lipinski definition) is 1. The van der Waals surface area contributed by atoms with E-state index in [1.165, 1.54) is 18.2 Å². The first-order valence-corrected chi connectivity index (χ1v) is 7.70. The molecular formula is C17H11BrFNO2. The van der Waals surface area contributed by atoms with E-state index in [-0.39, 0.29) is 5.56 Å². The Morgan fingerprint density at radius 1 is 1.18 bits per heavy atom. The number of alkyl halides is 1. The molecule has 5 heteroatoms. The Morgan fingerprint density at radius 2 is 1.91 bits per heavy atom. The number of rotatable bonds is 3. The smallest absolute Gasteiger partial charge is 0.336 e. The van der Waals surface area contributed by atoms with Crippen molar-refractivity contribution in [3.05, 3.63) is 65.5 Å². The first-order chi connectivity index (χ1) is 10.6. The lowest BCUT2D eigenvalue weighted by molar-refractivity contribution is 0.0698. The van der Waals surface area contributed by atoms with Gasteiger partial charge in [-0.1, -0.05) is 46.3 Å². The largest absolute Gasteiger partial charge is 0.478 e. The van der Waals surface area contributed by atoms with Crippen LogP contribution in [-0.2, 0) is 5.33 Å². The number of fused-ring (bicyclic) bond motifs is 1. The molecule has 0 saturated heterocycles. The average molecular weight is 360 g/mol. The van der Waals surface area contributed by atoms with Gasteiger partial charge in [0, 0.05) is 27.9 Å². The van der Waals surface area contributed by atoms with Gasteiger partial charge in [0.25, 0.3) is 0 Å². The maximum Gasteiger partial charge on any atom is 0.336 e. The van der Waals surface area contributed by atoms with Crippen LogP contribution >= 0.6 is 15.9 Å². The van der Waals surface area contributed by atoms with Gasteiger partial charge in [-0.05, 0) is 12.1 Å². The molecule has 0 aliphatic carbocycles. The summed E-state index contributed by atoms with van der Waals surface area (Å²) in [5, 5.41) is 10.4. The van der Waals surface area contributed by atoms with Crippen LogP contribution in [0.4, 0.5) is 4.39 Å². The lowest BCUT2D eigenvalue weighted by atomic mass is 9.98. The van der Waals surface area contributed by atoms with Crippen LogP contribution in [0, 0.1) is 5.82 Å². The summed E-state index contributed by atoms with van der Waals surface area (Å²) in [6, 6.07) is 13.2. The molecule has 1 heterocycles. The zero-order chi connectivity index (χ0) is 15.7. The molecule has 0 unspecified atom stereocenters. The molecule has 0 aliphatic rings. The highest BCUT2D eigenvalue weighted by Gasteiger charge is 2.20. The summed E-state index contributed by atoms with van der Waals surface area (Å²) in [4.78, 5) is 16.2. The highest BCUT2D eigenvalue weighted by atomic mass is 79.9. The van der Waals surface area contributed by atoms with Gasteiger partial charge in [-0.25, -0.2) is 14.2 Å². The van der Waals surface area contributed by atoms with E-state index in [0.29, 0.717) is 27.5 Å². The molecule has 1 N–H and O–H groups in total. The topological polar surface area (TPSA) is 50.2 Å². The van der Waals surface area contributed by atoms with Gasteiger partial charge >= 0.3 is 5.97 Å². The highest BCUT2D eigenvalue weighted by Crippen LogP contribution is 2.32. The number of aromatic carboxylic acids is 1. The van der Waals surface area contributed by atoms with Gasteiger partial charge in [0.2, 0.25) is 0 Å². The summed E-state index contributed by atoms with van der Waals surface area (Å²) in [5.41, 5.74) is 2.41. The summed E-state index contributed by atoms with van der Waals surface area (Å²) in [6.07, 6.45) is 0. The van der Waals surface area contributed by atoms with Crippen molar-refractivity contribution >= 4 is 32.8 Å². The fraction of sp³-hybridized carbons (Fsp3) is 0.0588. The minimum Gasteiger partial charge on any atom is -0.478 e. The van der Waals surface area contributed by atoms with Crippen LogP contribution in [0.5, 0.6) is 0 Å². The van der Waals surface area contributed by atoms with Crippen molar-refractivity contribution in [2.45, 2.75) is 5.33 Å². The van der Waals surface area contributed by atoms with Crippen LogP contribution in [-0.4, -0.2) is 16.1 Å². The van der Waals surface area contributed by atoms with Gasteiger partial charge in [-0.3, -0.25) is 0 Å². The Balaban J connectivity index is 2.44. The molecule has 0 fully saturated rings. The predicted octanol–water partition coefficient (Wildman–Crippen LogP) is 4.63. The minimum absolute atomic E-state index is 0.153. The van der Waals surface area contributed by atoms with Crippen LogP contribution in [0.2, 0.25) is 0 Å². The van der Waals surface area contributed by atoms with Gasteiger partial charge in [0.15, 0.2) is 0 Å². The normalized spacial score (nSPS) is 10.8. The van der Waals surface area contributed by atoms with Crippen molar-refractivity contribution in [1.82, 2.24) is 4.98 Å². The number of halogens is 2. The van der Waals surface area contributed by atoms with E-state index in [4.69, 9.17) is 0 Å². The second-order valence-electron chi connectivity index (χ2n) is 4.78. The molecule has 1 aromatic heterocycles. The summed E-state index contributed by atoms with van der Waals surface area (Å²) in [6.45, 7) is 0. The lowest BCUT2D eigenvalue weighted by Crippen LogP contribution is -2.06. The molecule has 0 spiro atoms. The Bertz CT molecular complexity index is 865. The quantitative estimate of drug-likeness (QED) is 0.693. The van der Waals surface area contributed by atoms with E-state index < -0.39 is 11.8 Å². The third-order valence-electron chi connectivity index (χ3n) is 3.44. The van der Waals surface area contributed by atoms with E-state index in [2.05, 4.69) is 20.9 Å². The molecule has 0 aliphatic heterocycles. The fourth-order valence-corrected chi connectivity index (χ4v) is 3.03. The third kappa shape index (κ3) is 2.48. The van der Waals surface area contributed by atoms with Gasteiger partial charge in [-0.2, -0.15) is 0 Å². The van der Waals surface area contributed by atoms with Crippen molar-refractivity contribution in [1.29, 1.82) is 0 Å². The van der Waals surface area contributed by atoms with E-state index in [9.17, 15) is 14.3 Å². The molecule has 2 aromatic carbocycles. The zero-order valence-electron chi connectivity index (χ0n) is 11.4. The zero-order valence-corrected chi connectivity index (χ0v) is 13.0. The highest BCUT2D eigenvalue weighted by molar-refractivity contribution is 9.08. The Hall–Kier alpha value is -2.27. The van der Waals surface area contributed by atoms with E-state index in [1.807, 2.05) is 30.3 Å². The molecule has 3 nitrogen and oxygen atoms in total. The third-order valence-corrected chi connectivity index (χ3v) is 4.00. The second kappa shape index (κ2) is 5.85. The first kappa shape index (κ1) is 14.7. The first-order valence-electron chi connectivity index (χ1n) is 6.58. The molecule has 0 amide bonds. The standard InChI is InChI=1S/C17H11BrFNO2/c18-9-13-15(17(21)22)12-7-6-11(19)8-14(12)20-16(13)10-4-2-1-3-5-10/h1-8H,9H2,(H,21,22). The van der Waals surface area contributed by atoms with Gasteiger partial charge in [-0.15, -0.1) is 0 Å². The molecule has 0 atom stereocenters. The van der Waals surface area contributed by atoms with Crippen molar-refractivity contribution in [3.8, 4) is 11.3 Å². The van der Waals surface area contributed by atoms with E-state index in [0.717, 1.165) is 5.56 Å². The van der Waals surface area contributed by atoms with Gasteiger partial charge in [0.1, 0.15) is 5.82 Å². The fourth-order valence-electron chi connectivity index (χ4n) is 2.49. The number of carboxylic acids is 1. The maximum absolute atomic E-state index is 13.5. The monoisotopic (exact) mass is 359 g/mol. The summed E-state index contributed by atoms with van der Waals surface area (Å²) < 4.78 is 13.5. The molecule has 110 valence electrons. The van der Waals surface area contributed by atoms with Crippen LogP contribution in [0.15, 0.2) is 48.5 Å². The average Bonchev–Trinajstić information content (AvgIpc) is 2.53. The van der Waals surface area contributed by atoms with Gasteiger partial charge in [0.05, 0.1) is 16.8 Å². The molecule has 3 aromatic rings. The number of carbonyl (C=O) groups is 1. The molecule has 22 heavy (non-hydrogen) atoms. The number of benzene rings is 2. The molecular weight excluding hydrogens is 349 g/mol. The predicted molar refractivity (Wildman–Crippen MR) is 86.7 cm³/mol. The molecule has 0 saturated carbocycles. The van der Waals surface area contributed by atoms with Crippen LogP contribution in [0.1, 0.15) is 15.9 Å². The van der Waals surface area contributed by atoms with Crippen LogP contribution in [0.25, 0.3) is 22.2 Å². The summed E-state index contributed by atoms with van der Waals surface area (Å²) in [7, 11) is 0. The van der Waals surface area contributed by atoms with Crippen molar-refractivity contribution in [2.24, 2.45) is 0 Å². The SMILES string of the molecule is O=C(O)c1c(CBr)c(-c2ccccc2)nc2cc(F)ccc12. The van der Waals surface area contributed by atoms with E-state index >= 15 is 0 Å². The lowest BCUT2D eigenvalue weighted by Gasteiger charge is -2.13. The number of carboxylic acid groups (broad SMARTS) is 1. The minimum atomic E-state index is -1.05. The Labute approximate surface area is 134 Å². The second-order valence-corrected chi connectivity index (χ2v) is 5.34. The molecule has 0 radical (unpaired) electrons. The molecule has 0 bridgehead atoms. The summed E-state index contributed by atoms with van der Waals surface area (Å²) >= 11 is 3.35. The van der Waals surface area contributed by atoms with Crippen LogP contribution < -0.4 is 0 Å². The Morgan fingerprint density at radius 3 is 2.55 bits per heavy atom. The number of pyridine rings is 1. The maximum atomic E-state index is 13.5. The number of hydrogen-bond acceptors (Lipinski definition) is 2. The summed E-state index contributed by atoms with van der Waals surface area (Å²) in [5.74, 6) is -1.49. The Kier molecular flexibility index (Phi) is 3.90. The number of nitrogens with zero attached hydrogens (tertiary/aromatic N) is 1. The van der Waals surface area contributed by atoms with Crippen molar-refractivity contribution < 1.29 is 14.3 Å². The molecule has 3 rings (SSSR count). The van der Waals surface area contributed by atoms with Gasteiger partial charge < -0.3 is 5.11 Å². The van der Waals surface area contributed by atoms with Crippen molar-refractivity contribution in [2.75, 3.05) is 0 Å². The van der Waals surface area contributed by atoms with E-state index in [1.54, 1.807) is 0 Å². The van der Waals surface area contributed by atoms with Crippen LogP contribution in [0.3, 0.4) is 0 Å². The van der Waals surface area contributed by atoms with Crippen molar-refractivity contribution in [3.63, 3.8) is 0 Å².